The van der Waals surface area contributed by atoms with Crippen LogP contribution in [0.2, 0.25) is 0 Å². The van der Waals surface area contributed by atoms with E-state index in [0.29, 0.717) is 25.4 Å². The minimum Gasteiger partial charge on any atom is -0.368 e. The van der Waals surface area contributed by atoms with Gasteiger partial charge in [-0.25, -0.2) is 9.50 Å². The van der Waals surface area contributed by atoms with Crippen molar-refractivity contribution >= 4 is 11.4 Å². The highest BCUT2D eigenvalue weighted by Crippen LogP contribution is 2.27. The SMILES string of the molecule is Cc1cnc(C(=O)N2CCO[C@H](c3nnn4cc(-c5ccccc5)ccc34)C2)cn1. The van der Waals surface area contributed by atoms with Crippen LogP contribution in [0.25, 0.3) is 16.6 Å². The second kappa shape index (κ2) is 7.64. The largest absolute Gasteiger partial charge is 0.368 e. The zero-order valence-corrected chi connectivity index (χ0v) is 16.5. The molecule has 4 aromatic rings. The molecule has 3 aromatic heterocycles. The summed E-state index contributed by atoms with van der Waals surface area (Å²) in [5, 5.41) is 8.63. The molecule has 1 amide bonds. The molecule has 0 bridgehead atoms. The maximum Gasteiger partial charge on any atom is 0.274 e. The van der Waals surface area contributed by atoms with Crippen LogP contribution >= 0.6 is 0 Å². The molecule has 0 radical (unpaired) electrons. The monoisotopic (exact) mass is 400 g/mol. The van der Waals surface area contributed by atoms with Gasteiger partial charge in [0.25, 0.3) is 5.91 Å². The van der Waals surface area contributed by atoms with Gasteiger partial charge < -0.3 is 9.64 Å². The first kappa shape index (κ1) is 18.4. The highest BCUT2D eigenvalue weighted by molar-refractivity contribution is 5.92. The molecular weight excluding hydrogens is 380 g/mol. The summed E-state index contributed by atoms with van der Waals surface area (Å²) < 4.78 is 7.69. The van der Waals surface area contributed by atoms with Gasteiger partial charge in [-0.05, 0) is 18.6 Å². The second-order valence-corrected chi connectivity index (χ2v) is 7.24. The molecule has 1 saturated heterocycles. The smallest absolute Gasteiger partial charge is 0.274 e. The third-order valence-corrected chi connectivity index (χ3v) is 5.21. The minimum atomic E-state index is -0.346. The van der Waals surface area contributed by atoms with Crippen LogP contribution in [0.15, 0.2) is 61.1 Å². The summed E-state index contributed by atoms with van der Waals surface area (Å²) in [6, 6.07) is 14.2. The molecule has 1 aliphatic rings. The summed E-state index contributed by atoms with van der Waals surface area (Å²) >= 11 is 0. The number of carbonyl (C=O) groups excluding carboxylic acids is 1. The average molecular weight is 400 g/mol. The zero-order valence-electron chi connectivity index (χ0n) is 16.5. The predicted molar refractivity (Wildman–Crippen MR) is 110 cm³/mol. The van der Waals surface area contributed by atoms with Gasteiger partial charge in [-0.1, -0.05) is 41.6 Å². The van der Waals surface area contributed by atoms with Gasteiger partial charge in [0.2, 0.25) is 0 Å². The van der Waals surface area contributed by atoms with Crippen LogP contribution in [0, 0.1) is 6.92 Å². The molecule has 8 heteroatoms. The summed E-state index contributed by atoms with van der Waals surface area (Å²) in [5.41, 5.74) is 4.87. The normalized spacial score (nSPS) is 16.7. The average Bonchev–Trinajstić information content (AvgIpc) is 3.23. The lowest BCUT2D eigenvalue weighted by molar-refractivity contribution is -0.0243. The van der Waals surface area contributed by atoms with Crippen molar-refractivity contribution in [2.75, 3.05) is 19.7 Å². The number of aryl methyl sites for hydroxylation is 1. The molecule has 0 unspecified atom stereocenters. The van der Waals surface area contributed by atoms with Crippen molar-refractivity contribution in [1.82, 2.24) is 29.7 Å². The number of morpholine rings is 1. The third-order valence-electron chi connectivity index (χ3n) is 5.21. The van der Waals surface area contributed by atoms with Crippen molar-refractivity contribution in [2.45, 2.75) is 13.0 Å². The Bertz CT molecular complexity index is 1190. The van der Waals surface area contributed by atoms with E-state index in [1.807, 2.05) is 43.5 Å². The van der Waals surface area contributed by atoms with E-state index in [0.717, 1.165) is 28.0 Å². The van der Waals surface area contributed by atoms with Gasteiger partial charge in [0, 0.05) is 24.5 Å². The quantitative estimate of drug-likeness (QED) is 0.526. The molecule has 1 aromatic carbocycles. The van der Waals surface area contributed by atoms with Gasteiger partial charge in [0.1, 0.15) is 17.5 Å². The summed E-state index contributed by atoms with van der Waals surface area (Å²) in [5.74, 6) is -0.154. The van der Waals surface area contributed by atoms with E-state index < -0.39 is 0 Å². The van der Waals surface area contributed by atoms with Crippen molar-refractivity contribution < 1.29 is 9.53 Å². The fraction of sp³-hybridized carbons (Fsp3) is 0.227. The van der Waals surface area contributed by atoms with E-state index in [1.54, 1.807) is 15.6 Å². The van der Waals surface area contributed by atoms with Crippen LogP contribution < -0.4 is 0 Å². The molecule has 5 rings (SSSR count). The van der Waals surface area contributed by atoms with Gasteiger partial charge in [-0.3, -0.25) is 9.78 Å². The van der Waals surface area contributed by atoms with Gasteiger partial charge >= 0.3 is 0 Å². The number of hydrogen-bond acceptors (Lipinski definition) is 6. The van der Waals surface area contributed by atoms with Gasteiger partial charge in [0.05, 0.1) is 30.6 Å². The summed E-state index contributed by atoms with van der Waals surface area (Å²) in [6.45, 7) is 3.16. The lowest BCUT2D eigenvalue weighted by Crippen LogP contribution is -2.42. The maximum absolute atomic E-state index is 12.8. The van der Waals surface area contributed by atoms with Crippen molar-refractivity contribution in [3.63, 3.8) is 0 Å². The molecule has 0 N–H and O–H groups in total. The lowest BCUT2D eigenvalue weighted by Gasteiger charge is -2.31. The first-order valence-corrected chi connectivity index (χ1v) is 9.79. The van der Waals surface area contributed by atoms with E-state index in [1.165, 1.54) is 6.20 Å². The summed E-state index contributed by atoms with van der Waals surface area (Å²) in [6.07, 6.45) is 4.72. The molecule has 1 aliphatic heterocycles. The number of aromatic nitrogens is 5. The number of pyridine rings is 1. The Hall–Kier alpha value is -3.65. The van der Waals surface area contributed by atoms with Crippen LogP contribution in [0.5, 0.6) is 0 Å². The highest BCUT2D eigenvalue weighted by Gasteiger charge is 2.29. The second-order valence-electron chi connectivity index (χ2n) is 7.24. The Morgan fingerprint density at radius 2 is 1.93 bits per heavy atom. The van der Waals surface area contributed by atoms with Crippen LogP contribution in [-0.2, 0) is 4.74 Å². The summed E-state index contributed by atoms with van der Waals surface area (Å²) in [7, 11) is 0. The fourth-order valence-electron chi connectivity index (χ4n) is 3.61. The molecule has 8 nitrogen and oxygen atoms in total. The summed E-state index contributed by atoms with van der Waals surface area (Å²) in [4.78, 5) is 22.9. The van der Waals surface area contributed by atoms with E-state index in [2.05, 4.69) is 32.4 Å². The maximum atomic E-state index is 12.8. The molecule has 0 aliphatic carbocycles. The Morgan fingerprint density at radius 3 is 2.73 bits per heavy atom. The third kappa shape index (κ3) is 3.42. The Labute approximate surface area is 173 Å². The number of fused-ring (bicyclic) bond motifs is 1. The van der Waals surface area contributed by atoms with Crippen LogP contribution in [0.4, 0.5) is 0 Å². The van der Waals surface area contributed by atoms with Crippen LogP contribution in [0.1, 0.15) is 28.0 Å². The topological polar surface area (TPSA) is 85.5 Å². The molecule has 30 heavy (non-hydrogen) atoms. The number of carbonyl (C=O) groups is 1. The lowest BCUT2D eigenvalue weighted by atomic mass is 10.1. The number of amides is 1. The van der Waals surface area contributed by atoms with Crippen molar-refractivity contribution in [3.05, 3.63) is 78.1 Å². The van der Waals surface area contributed by atoms with Crippen molar-refractivity contribution in [2.24, 2.45) is 0 Å². The van der Waals surface area contributed by atoms with Crippen molar-refractivity contribution in [1.29, 1.82) is 0 Å². The zero-order chi connectivity index (χ0) is 20.5. The number of ether oxygens (including phenoxy) is 1. The van der Waals surface area contributed by atoms with E-state index in [-0.39, 0.29) is 12.0 Å². The standard InChI is InChI=1S/C22H20N6O2/c1-15-11-24-18(12-23-15)22(29)27-9-10-30-20(14-27)21-19-8-7-17(13-28(19)26-25-21)16-5-3-2-4-6-16/h2-8,11-13,20H,9-10,14H2,1H3/t20-/m0/s1. The molecule has 0 saturated carbocycles. The Balaban J connectivity index is 1.39. The molecule has 150 valence electrons. The Kier molecular flexibility index (Phi) is 4.68. The van der Waals surface area contributed by atoms with Gasteiger partial charge in [-0.15, -0.1) is 5.10 Å². The van der Waals surface area contributed by atoms with Crippen molar-refractivity contribution in [3.8, 4) is 11.1 Å². The highest BCUT2D eigenvalue weighted by atomic mass is 16.5. The first-order chi connectivity index (χ1) is 14.7. The molecule has 1 fully saturated rings. The van der Waals surface area contributed by atoms with Gasteiger partial charge in [0.15, 0.2) is 0 Å². The molecule has 1 atom stereocenters. The Morgan fingerprint density at radius 1 is 1.07 bits per heavy atom. The molecule has 4 heterocycles. The van der Waals surface area contributed by atoms with Crippen LogP contribution in [-0.4, -0.2) is 55.3 Å². The fourth-order valence-corrected chi connectivity index (χ4v) is 3.61. The molecule has 0 spiro atoms. The van der Waals surface area contributed by atoms with E-state index in [9.17, 15) is 4.79 Å². The van der Waals surface area contributed by atoms with Crippen LogP contribution in [0.3, 0.4) is 0 Å². The number of hydrogen-bond donors (Lipinski definition) is 0. The first-order valence-electron chi connectivity index (χ1n) is 9.79. The van der Waals surface area contributed by atoms with E-state index >= 15 is 0 Å². The van der Waals surface area contributed by atoms with Gasteiger partial charge in [-0.2, -0.15) is 0 Å². The van der Waals surface area contributed by atoms with E-state index in [4.69, 9.17) is 4.74 Å². The number of benzene rings is 1. The number of nitrogens with zero attached hydrogens (tertiary/aromatic N) is 6. The minimum absolute atomic E-state index is 0.154. The number of rotatable bonds is 3. The molecular formula is C22H20N6O2. The predicted octanol–water partition coefficient (Wildman–Crippen LogP) is 2.71.